The standard InChI is InChI=1S/C16H19N3OS/c1-10-5-6-14(20-4)13(8-10)18-16(21)19-15-9-11(2)7-12(3)17-15/h5-9H,1-4H3,(H2,17,18,19,21). The number of nitrogens with one attached hydrogen (secondary N) is 2. The number of rotatable bonds is 3. The van der Waals surface area contributed by atoms with Crippen molar-refractivity contribution in [2.75, 3.05) is 17.7 Å². The quantitative estimate of drug-likeness (QED) is 0.844. The molecule has 0 radical (unpaired) electrons. The summed E-state index contributed by atoms with van der Waals surface area (Å²) in [6, 6.07) is 9.86. The summed E-state index contributed by atoms with van der Waals surface area (Å²) >= 11 is 5.34. The molecule has 1 heterocycles. The molecule has 0 aliphatic heterocycles. The average molecular weight is 301 g/mol. The Balaban J connectivity index is 2.13. The normalized spacial score (nSPS) is 10.1. The number of methoxy groups -OCH3 is 1. The van der Waals surface area contributed by atoms with Gasteiger partial charge in [0.1, 0.15) is 11.6 Å². The van der Waals surface area contributed by atoms with Gasteiger partial charge >= 0.3 is 0 Å². The monoisotopic (exact) mass is 301 g/mol. The Morgan fingerprint density at radius 3 is 2.48 bits per heavy atom. The van der Waals surface area contributed by atoms with Gasteiger partial charge in [0.2, 0.25) is 0 Å². The van der Waals surface area contributed by atoms with E-state index in [4.69, 9.17) is 17.0 Å². The van der Waals surface area contributed by atoms with E-state index < -0.39 is 0 Å². The van der Waals surface area contributed by atoms with E-state index in [1.165, 1.54) is 0 Å². The number of aryl methyl sites for hydroxylation is 3. The van der Waals surface area contributed by atoms with E-state index >= 15 is 0 Å². The van der Waals surface area contributed by atoms with Crippen LogP contribution in [0.3, 0.4) is 0 Å². The third-order valence-corrected chi connectivity index (χ3v) is 3.15. The lowest BCUT2D eigenvalue weighted by molar-refractivity contribution is 0.417. The minimum absolute atomic E-state index is 0.483. The van der Waals surface area contributed by atoms with Gasteiger partial charge < -0.3 is 15.4 Å². The summed E-state index contributed by atoms with van der Waals surface area (Å²) in [4.78, 5) is 4.41. The molecule has 0 fully saturated rings. The Morgan fingerprint density at radius 1 is 1.05 bits per heavy atom. The SMILES string of the molecule is COc1ccc(C)cc1NC(=S)Nc1cc(C)cc(C)n1. The van der Waals surface area contributed by atoms with Crippen LogP contribution in [0.2, 0.25) is 0 Å². The molecule has 2 N–H and O–H groups in total. The molecule has 2 aromatic rings. The number of anilines is 2. The second kappa shape index (κ2) is 6.54. The summed E-state index contributed by atoms with van der Waals surface area (Å²) in [5.41, 5.74) is 4.05. The summed E-state index contributed by atoms with van der Waals surface area (Å²) < 4.78 is 5.32. The lowest BCUT2D eigenvalue weighted by Gasteiger charge is -2.14. The molecule has 0 unspecified atom stereocenters. The number of hydrogen-bond donors (Lipinski definition) is 2. The van der Waals surface area contributed by atoms with Crippen molar-refractivity contribution < 1.29 is 4.74 Å². The highest BCUT2D eigenvalue weighted by atomic mass is 32.1. The van der Waals surface area contributed by atoms with Crippen molar-refractivity contribution in [1.82, 2.24) is 4.98 Å². The van der Waals surface area contributed by atoms with Gasteiger partial charge in [-0.25, -0.2) is 4.98 Å². The van der Waals surface area contributed by atoms with Crippen molar-refractivity contribution >= 4 is 28.8 Å². The molecule has 0 atom stereocenters. The Kier molecular flexibility index (Phi) is 4.75. The van der Waals surface area contributed by atoms with Gasteiger partial charge in [0, 0.05) is 5.69 Å². The van der Waals surface area contributed by atoms with Crippen LogP contribution in [0.15, 0.2) is 30.3 Å². The van der Waals surface area contributed by atoms with E-state index in [0.717, 1.165) is 34.1 Å². The highest BCUT2D eigenvalue weighted by Crippen LogP contribution is 2.25. The first-order valence-electron chi connectivity index (χ1n) is 6.66. The Bertz CT molecular complexity index is 650. The number of aromatic nitrogens is 1. The molecule has 1 aromatic heterocycles. The molecule has 110 valence electrons. The predicted octanol–water partition coefficient (Wildman–Crippen LogP) is 3.82. The molecule has 21 heavy (non-hydrogen) atoms. The van der Waals surface area contributed by atoms with Crippen LogP contribution in [0, 0.1) is 20.8 Å². The summed E-state index contributed by atoms with van der Waals surface area (Å²) in [5, 5.41) is 6.72. The highest BCUT2D eigenvalue weighted by molar-refractivity contribution is 7.80. The lowest BCUT2D eigenvalue weighted by Crippen LogP contribution is -2.20. The Hall–Kier alpha value is -2.14. The van der Waals surface area contributed by atoms with Crippen LogP contribution in [-0.2, 0) is 0 Å². The van der Waals surface area contributed by atoms with E-state index in [0.29, 0.717) is 5.11 Å². The Morgan fingerprint density at radius 2 is 1.81 bits per heavy atom. The molecular formula is C16H19N3OS. The van der Waals surface area contributed by atoms with Crippen molar-refractivity contribution in [2.45, 2.75) is 20.8 Å². The topological polar surface area (TPSA) is 46.2 Å². The van der Waals surface area contributed by atoms with E-state index in [1.807, 2.05) is 51.1 Å². The first kappa shape index (κ1) is 15.3. The molecule has 1 aromatic carbocycles. The molecule has 0 saturated heterocycles. The largest absolute Gasteiger partial charge is 0.495 e. The van der Waals surface area contributed by atoms with Crippen molar-refractivity contribution in [2.24, 2.45) is 0 Å². The first-order valence-corrected chi connectivity index (χ1v) is 7.06. The molecule has 4 nitrogen and oxygen atoms in total. The molecule has 0 saturated carbocycles. The van der Waals surface area contributed by atoms with Gasteiger partial charge in [0.25, 0.3) is 0 Å². The van der Waals surface area contributed by atoms with Crippen LogP contribution in [0.5, 0.6) is 5.75 Å². The maximum absolute atomic E-state index is 5.34. The van der Waals surface area contributed by atoms with Crippen LogP contribution < -0.4 is 15.4 Å². The second-order valence-corrected chi connectivity index (χ2v) is 5.36. The fraction of sp³-hybridized carbons (Fsp3) is 0.250. The van der Waals surface area contributed by atoms with Crippen LogP contribution >= 0.6 is 12.2 Å². The van der Waals surface area contributed by atoms with Gasteiger partial charge in [-0.15, -0.1) is 0 Å². The van der Waals surface area contributed by atoms with Gasteiger partial charge in [-0.3, -0.25) is 0 Å². The van der Waals surface area contributed by atoms with E-state index in [9.17, 15) is 0 Å². The molecule has 0 amide bonds. The minimum atomic E-state index is 0.483. The predicted molar refractivity (Wildman–Crippen MR) is 91.3 cm³/mol. The fourth-order valence-electron chi connectivity index (χ4n) is 2.09. The van der Waals surface area contributed by atoms with Gasteiger partial charge in [-0.05, 0) is 68.4 Å². The van der Waals surface area contributed by atoms with Crippen LogP contribution in [-0.4, -0.2) is 17.2 Å². The molecule has 2 rings (SSSR count). The zero-order valence-corrected chi connectivity index (χ0v) is 13.5. The number of ether oxygens (including phenoxy) is 1. The number of nitrogens with zero attached hydrogens (tertiary/aromatic N) is 1. The molecule has 0 aliphatic rings. The minimum Gasteiger partial charge on any atom is -0.495 e. The van der Waals surface area contributed by atoms with E-state index in [2.05, 4.69) is 15.6 Å². The average Bonchev–Trinajstić information content (AvgIpc) is 2.37. The number of thiocarbonyl (C=S) groups is 1. The number of benzene rings is 1. The van der Waals surface area contributed by atoms with Crippen LogP contribution in [0.4, 0.5) is 11.5 Å². The Labute approximate surface area is 130 Å². The van der Waals surface area contributed by atoms with Crippen molar-refractivity contribution in [3.8, 4) is 5.75 Å². The summed E-state index contributed by atoms with van der Waals surface area (Å²) in [7, 11) is 1.64. The van der Waals surface area contributed by atoms with Crippen molar-refractivity contribution in [3.63, 3.8) is 0 Å². The van der Waals surface area contributed by atoms with Gasteiger partial charge in [0.05, 0.1) is 12.8 Å². The van der Waals surface area contributed by atoms with Gasteiger partial charge in [-0.2, -0.15) is 0 Å². The summed E-state index contributed by atoms with van der Waals surface area (Å²) in [6.07, 6.45) is 0. The molecule has 5 heteroatoms. The summed E-state index contributed by atoms with van der Waals surface area (Å²) in [6.45, 7) is 6.00. The fourth-order valence-corrected chi connectivity index (χ4v) is 2.31. The van der Waals surface area contributed by atoms with Gasteiger partial charge in [0.15, 0.2) is 5.11 Å². The van der Waals surface area contributed by atoms with E-state index in [-0.39, 0.29) is 0 Å². The smallest absolute Gasteiger partial charge is 0.176 e. The third kappa shape index (κ3) is 4.16. The van der Waals surface area contributed by atoms with Crippen molar-refractivity contribution in [1.29, 1.82) is 0 Å². The lowest BCUT2D eigenvalue weighted by atomic mass is 10.2. The first-order chi connectivity index (χ1) is 9.97. The maximum atomic E-state index is 5.34. The molecular weight excluding hydrogens is 282 g/mol. The highest BCUT2D eigenvalue weighted by Gasteiger charge is 2.06. The zero-order valence-electron chi connectivity index (χ0n) is 12.7. The third-order valence-electron chi connectivity index (χ3n) is 2.94. The van der Waals surface area contributed by atoms with Crippen molar-refractivity contribution in [3.05, 3.63) is 47.2 Å². The summed E-state index contributed by atoms with van der Waals surface area (Å²) in [5.74, 6) is 1.48. The van der Waals surface area contributed by atoms with Crippen LogP contribution in [0.25, 0.3) is 0 Å². The number of pyridine rings is 1. The van der Waals surface area contributed by atoms with Gasteiger partial charge in [-0.1, -0.05) is 6.07 Å². The molecule has 0 aliphatic carbocycles. The molecule has 0 spiro atoms. The van der Waals surface area contributed by atoms with E-state index in [1.54, 1.807) is 7.11 Å². The van der Waals surface area contributed by atoms with Crippen LogP contribution in [0.1, 0.15) is 16.8 Å². The molecule has 0 bridgehead atoms. The zero-order chi connectivity index (χ0) is 15.4. The maximum Gasteiger partial charge on any atom is 0.176 e. The second-order valence-electron chi connectivity index (χ2n) is 4.95. The number of hydrogen-bond acceptors (Lipinski definition) is 3.